The Kier molecular flexibility index (Phi) is 3.99. The predicted octanol–water partition coefficient (Wildman–Crippen LogP) is 2.63. The monoisotopic (exact) mass is 295 g/mol. The highest BCUT2D eigenvalue weighted by Gasteiger charge is 2.18. The maximum Gasteiger partial charge on any atom is 0.350 e. The lowest BCUT2D eigenvalue weighted by Gasteiger charge is -2.07. The number of hydrogen-bond acceptors (Lipinski definition) is 5. The summed E-state index contributed by atoms with van der Waals surface area (Å²) in [5, 5.41) is 13.6. The molecule has 2 aromatic rings. The standard InChI is InChI=1S/C13H10FNO4S/c1-19-13(18)11-9(4-5-20-11)15-12(17)8-6-7(14)2-3-10(8)16/h2-6,16H,1H3,(H,15,17). The molecule has 0 fully saturated rings. The van der Waals surface area contributed by atoms with Crippen LogP contribution < -0.4 is 5.32 Å². The van der Waals surface area contributed by atoms with E-state index in [-0.39, 0.29) is 21.9 Å². The van der Waals surface area contributed by atoms with Crippen molar-refractivity contribution in [3.05, 3.63) is 45.9 Å². The molecule has 0 radical (unpaired) electrons. The zero-order valence-electron chi connectivity index (χ0n) is 10.3. The average molecular weight is 295 g/mol. The Hall–Kier alpha value is -2.41. The van der Waals surface area contributed by atoms with Gasteiger partial charge in [-0.2, -0.15) is 0 Å². The number of carbonyl (C=O) groups excluding carboxylic acids is 2. The topological polar surface area (TPSA) is 75.6 Å². The number of rotatable bonds is 3. The number of carbonyl (C=O) groups is 2. The Labute approximate surface area is 117 Å². The molecule has 0 saturated carbocycles. The number of nitrogens with one attached hydrogen (secondary N) is 1. The summed E-state index contributed by atoms with van der Waals surface area (Å²) < 4.78 is 17.7. The van der Waals surface area contributed by atoms with Crippen LogP contribution in [0.2, 0.25) is 0 Å². The second kappa shape index (κ2) is 5.70. The van der Waals surface area contributed by atoms with E-state index in [1.165, 1.54) is 13.2 Å². The highest BCUT2D eigenvalue weighted by molar-refractivity contribution is 7.12. The van der Waals surface area contributed by atoms with Crippen molar-refractivity contribution in [1.29, 1.82) is 0 Å². The molecule has 0 aliphatic carbocycles. The van der Waals surface area contributed by atoms with Gasteiger partial charge in [-0.15, -0.1) is 11.3 Å². The summed E-state index contributed by atoms with van der Waals surface area (Å²) in [5.41, 5.74) is 0.0301. The third-order valence-electron chi connectivity index (χ3n) is 2.49. The van der Waals surface area contributed by atoms with E-state index in [1.807, 2.05) is 0 Å². The fourth-order valence-electron chi connectivity index (χ4n) is 1.54. The van der Waals surface area contributed by atoms with Crippen molar-refractivity contribution in [2.24, 2.45) is 0 Å². The van der Waals surface area contributed by atoms with Gasteiger partial charge < -0.3 is 15.2 Å². The third kappa shape index (κ3) is 2.77. The molecule has 0 bridgehead atoms. The normalized spacial score (nSPS) is 10.1. The van der Waals surface area contributed by atoms with E-state index < -0.39 is 17.7 Å². The molecule has 20 heavy (non-hydrogen) atoms. The summed E-state index contributed by atoms with van der Waals surface area (Å²) >= 11 is 1.10. The van der Waals surface area contributed by atoms with Crippen molar-refractivity contribution in [3.63, 3.8) is 0 Å². The smallest absolute Gasteiger partial charge is 0.350 e. The molecule has 0 aliphatic rings. The van der Waals surface area contributed by atoms with Crippen LogP contribution in [0.4, 0.5) is 10.1 Å². The first-order chi connectivity index (χ1) is 9.52. The summed E-state index contributed by atoms with van der Waals surface area (Å²) in [7, 11) is 1.23. The molecule has 1 amide bonds. The summed E-state index contributed by atoms with van der Waals surface area (Å²) in [6.07, 6.45) is 0. The first-order valence-electron chi connectivity index (χ1n) is 5.48. The second-order valence-electron chi connectivity index (χ2n) is 3.77. The van der Waals surface area contributed by atoms with Crippen molar-refractivity contribution < 1.29 is 23.8 Å². The molecule has 1 aromatic carbocycles. The fourth-order valence-corrected chi connectivity index (χ4v) is 2.30. The molecule has 1 aromatic heterocycles. The minimum absolute atomic E-state index is 0.216. The van der Waals surface area contributed by atoms with E-state index in [1.54, 1.807) is 5.38 Å². The van der Waals surface area contributed by atoms with Crippen molar-refractivity contribution in [3.8, 4) is 5.75 Å². The van der Waals surface area contributed by atoms with Gasteiger partial charge in [-0.25, -0.2) is 9.18 Å². The van der Waals surface area contributed by atoms with Crippen LogP contribution in [0.5, 0.6) is 5.75 Å². The highest BCUT2D eigenvalue weighted by atomic mass is 32.1. The molecule has 0 spiro atoms. The Morgan fingerprint density at radius 2 is 2.10 bits per heavy atom. The van der Waals surface area contributed by atoms with Crippen LogP contribution in [0.15, 0.2) is 29.6 Å². The van der Waals surface area contributed by atoms with Crippen LogP contribution in [-0.4, -0.2) is 24.1 Å². The molecule has 2 N–H and O–H groups in total. The van der Waals surface area contributed by atoms with Crippen LogP contribution in [0.1, 0.15) is 20.0 Å². The summed E-state index contributed by atoms with van der Waals surface area (Å²) in [6, 6.07) is 4.55. The van der Waals surface area contributed by atoms with Crippen molar-refractivity contribution in [2.75, 3.05) is 12.4 Å². The quantitative estimate of drug-likeness (QED) is 0.854. The number of amides is 1. The van der Waals surface area contributed by atoms with E-state index in [4.69, 9.17) is 0 Å². The van der Waals surface area contributed by atoms with Crippen LogP contribution >= 0.6 is 11.3 Å². The molecule has 0 unspecified atom stereocenters. The molecule has 5 nitrogen and oxygen atoms in total. The number of esters is 1. The van der Waals surface area contributed by atoms with Crippen LogP contribution in [0.3, 0.4) is 0 Å². The van der Waals surface area contributed by atoms with Gasteiger partial charge in [0.25, 0.3) is 5.91 Å². The minimum Gasteiger partial charge on any atom is -0.507 e. The van der Waals surface area contributed by atoms with Crippen LogP contribution in [0.25, 0.3) is 0 Å². The molecule has 0 aliphatic heterocycles. The minimum atomic E-state index is -0.717. The van der Waals surface area contributed by atoms with E-state index in [2.05, 4.69) is 10.1 Å². The third-order valence-corrected chi connectivity index (χ3v) is 3.38. The highest BCUT2D eigenvalue weighted by Crippen LogP contribution is 2.25. The Morgan fingerprint density at radius 3 is 2.80 bits per heavy atom. The van der Waals surface area contributed by atoms with Gasteiger partial charge in [-0.05, 0) is 29.6 Å². The largest absolute Gasteiger partial charge is 0.507 e. The second-order valence-corrected chi connectivity index (χ2v) is 4.69. The van der Waals surface area contributed by atoms with Crippen molar-refractivity contribution in [2.45, 2.75) is 0 Å². The number of benzene rings is 1. The van der Waals surface area contributed by atoms with Crippen LogP contribution in [-0.2, 0) is 4.74 Å². The number of hydrogen-bond donors (Lipinski definition) is 2. The zero-order chi connectivity index (χ0) is 14.7. The molecule has 0 saturated heterocycles. The van der Waals surface area contributed by atoms with E-state index >= 15 is 0 Å². The molecular formula is C13H10FNO4S. The summed E-state index contributed by atoms with van der Waals surface area (Å²) in [6.45, 7) is 0. The van der Waals surface area contributed by atoms with Crippen LogP contribution in [0, 0.1) is 5.82 Å². The molecule has 2 rings (SSSR count). The number of halogens is 1. The van der Waals surface area contributed by atoms with Gasteiger partial charge in [-0.1, -0.05) is 0 Å². The average Bonchev–Trinajstić information content (AvgIpc) is 2.88. The molecule has 7 heteroatoms. The number of methoxy groups -OCH3 is 1. The lowest BCUT2D eigenvalue weighted by atomic mass is 10.2. The maximum atomic E-state index is 13.1. The summed E-state index contributed by atoms with van der Waals surface area (Å²) in [4.78, 5) is 23.6. The first-order valence-corrected chi connectivity index (χ1v) is 6.36. The van der Waals surface area contributed by atoms with Gasteiger partial charge in [0, 0.05) is 0 Å². The zero-order valence-corrected chi connectivity index (χ0v) is 11.2. The lowest BCUT2D eigenvalue weighted by Crippen LogP contribution is -2.14. The summed E-state index contributed by atoms with van der Waals surface area (Å²) in [5.74, 6) is -2.30. The van der Waals surface area contributed by atoms with E-state index in [0.29, 0.717) is 0 Å². The Morgan fingerprint density at radius 1 is 1.35 bits per heavy atom. The first kappa shape index (κ1) is 14.0. The number of phenolic OH excluding ortho intramolecular Hbond substituents is 1. The molecule has 1 heterocycles. The fraction of sp³-hybridized carbons (Fsp3) is 0.0769. The molecule has 0 atom stereocenters. The SMILES string of the molecule is COC(=O)c1sccc1NC(=O)c1cc(F)ccc1O. The van der Waals surface area contributed by atoms with Gasteiger partial charge in [0.05, 0.1) is 18.4 Å². The van der Waals surface area contributed by atoms with E-state index in [0.717, 1.165) is 29.5 Å². The van der Waals surface area contributed by atoms with Crippen molar-refractivity contribution >= 4 is 28.9 Å². The van der Waals surface area contributed by atoms with Gasteiger partial charge in [-0.3, -0.25) is 4.79 Å². The Balaban J connectivity index is 2.26. The number of aromatic hydroxyl groups is 1. The number of anilines is 1. The molecule has 104 valence electrons. The Bertz CT molecular complexity index is 668. The van der Waals surface area contributed by atoms with Crippen molar-refractivity contribution in [1.82, 2.24) is 0 Å². The van der Waals surface area contributed by atoms with Gasteiger partial charge in [0.15, 0.2) is 0 Å². The number of thiophene rings is 1. The predicted molar refractivity (Wildman–Crippen MR) is 71.7 cm³/mol. The number of phenols is 1. The van der Waals surface area contributed by atoms with Gasteiger partial charge in [0.1, 0.15) is 16.4 Å². The van der Waals surface area contributed by atoms with E-state index in [9.17, 15) is 19.1 Å². The van der Waals surface area contributed by atoms with Gasteiger partial charge >= 0.3 is 5.97 Å². The number of ether oxygens (including phenoxy) is 1. The maximum absolute atomic E-state index is 13.1. The molecular weight excluding hydrogens is 285 g/mol. The lowest BCUT2D eigenvalue weighted by molar-refractivity contribution is 0.0607. The van der Waals surface area contributed by atoms with Gasteiger partial charge in [0.2, 0.25) is 0 Å².